The van der Waals surface area contributed by atoms with E-state index in [2.05, 4.69) is 5.32 Å². The van der Waals surface area contributed by atoms with Gasteiger partial charge in [0.05, 0.1) is 0 Å². The SMILES string of the molecule is CN/C=C1/C(=O)/C(=C/N(C)C)c2ccccc21. The number of carbonyl (C=O) groups is 1. The van der Waals surface area contributed by atoms with E-state index in [9.17, 15) is 4.79 Å². The van der Waals surface area contributed by atoms with Gasteiger partial charge in [0.15, 0.2) is 5.78 Å². The highest BCUT2D eigenvalue weighted by atomic mass is 16.1. The summed E-state index contributed by atoms with van der Waals surface area (Å²) in [6.07, 6.45) is 3.63. The molecular weight excluding hydrogens is 212 g/mol. The molecule has 3 heteroatoms. The molecule has 0 amide bonds. The van der Waals surface area contributed by atoms with Crippen LogP contribution in [0.5, 0.6) is 0 Å². The number of fused-ring (bicyclic) bond motifs is 1. The Morgan fingerprint density at radius 2 is 1.71 bits per heavy atom. The molecule has 0 heterocycles. The molecule has 1 aromatic rings. The molecule has 0 aliphatic heterocycles. The van der Waals surface area contributed by atoms with E-state index < -0.39 is 0 Å². The molecule has 0 atom stereocenters. The molecule has 3 nitrogen and oxygen atoms in total. The third kappa shape index (κ3) is 1.96. The Hall–Kier alpha value is -2.03. The summed E-state index contributed by atoms with van der Waals surface area (Å²) in [5, 5.41) is 2.93. The van der Waals surface area contributed by atoms with Crippen LogP contribution >= 0.6 is 0 Å². The molecule has 1 aliphatic rings. The minimum absolute atomic E-state index is 0.0780. The van der Waals surface area contributed by atoms with Gasteiger partial charge in [-0.25, -0.2) is 0 Å². The van der Waals surface area contributed by atoms with E-state index in [0.29, 0.717) is 0 Å². The Kier molecular flexibility index (Phi) is 3.00. The number of nitrogens with zero attached hydrogens (tertiary/aromatic N) is 1. The number of carbonyl (C=O) groups excluding carboxylic acids is 1. The van der Waals surface area contributed by atoms with Crippen molar-refractivity contribution in [2.24, 2.45) is 0 Å². The van der Waals surface area contributed by atoms with Crippen LogP contribution in [0.3, 0.4) is 0 Å². The van der Waals surface area contributed by atoms with Crippen LogP contribution in [0.4, 0.5) is 0 Å². The number of allylic oxidation sites excluding steroid dienone is 2. The molecule has 88 valence electrons. The van der Waals surface area contributed by atoms with Crippen molar-refractivity contribution in [1.29, 1.82) is 0 Å². The maximum absolute atomic E-state index is 12.3. The maximum atomic E-state index is 12.3. The number of Topliss-reactive ketones (excluding diaryl/α,β-unsaturated/α-hetero) is 1. The van der Waals surface area contributed by atoms with Gasteiger partial charge in [0.25, 0.3) is 0 Å². The average molecular weight is 228 g/mol. The molecule has 0 spiro atoms. The van der Waals surface area contributed by atoms with Crippen LogP contribution in [0.15, 0.2) is 36.7 Å². The molecule has 0 unspecified atom stereocenters. The topological polar surface area (TPSA) is 32.3 Å². The van der Waals surface area contributed by atoms with Crippen molar-refractivity contribution in [2.75, 3.05) is 21.1 Å². The van der Waals surface area contributed by atoms with Crippen molar-refractivity contribution >= 4 is 16.9 Å². The molecular formula is C14H16N2O. The van der Waals surface area contributed by atoms with Crippen molar-refractivity contribution in [2.45, 2.75) is 0 Å². The molecule has 1 N–H and O–H groups in total. The van der Waals surface area contributed by atoms with Crippen LogP contribution in [-0.2, 0) is 4.79 Å². The summed E-state index contributed by atoms with van der Waals surface area (Å²) in [7, 11) is 5.64. The predicted octanol–water partition coefficient (Wildman–Crippen LogP) is 1.73. The van der Waals surface area contributed by atoms with Gasteiger partial charge in [0.2, 0.25) is 0 Å². The third-order valence-electron chi connectivity index (χ3n) is 2.67. The lowest BCUT2D eigenvalue weighted by Crippen LogP contribution is -2.06. The van der Waals surface area contributed by atoms with Crippen LogP contribution in [0.1, 0.15) is 11.1 Å². The molecule has 2 rings (SSSR count). The normalized spacial score (nSPS) is 18.6. The summed E-state index contributed by atoms with van der Waals surface area (Å²) in [6, 6.07) is 7.87. The van der Waals surface area contributed by atoms with Gasteiger partial charge >= 0.3 is 0 Å². The molecule has 0 saturated carbocycles. The highest BCUT2D eigenvalue weighted by Gasteiger charge is 2.29. The fourth-order valence-corrected chi connectivity index (χ4v) is 2.02. The summed E-state index contributed by atoms with van der Waals surface area (Å²) in [5.74, 6) is 0.0780. The van der Waals surface area contributed by atoms with E-state index >= 15 is 0 Å². The maximum Gasteiger partial charge on any atom is 0.197 e. The lowest BCUT2D eigenvalue weighted by Gasteiger charge is -2.06. The van der Waals surface area contributed by atoms with Gasteiger partial charge in [-0.1, -0.05) is 24.3 Å². The van der Waals surface area contributed by atoms with Crippen LogP contribution in [0.2, 0.25) is 0 Å². The Bertz CT molecular complexity index is 513. The molecule has 1 aliphatic carbocycles. The number of ketones is 1. The number of benzene rings is 1. The lowest BCUT2D eigenvalue weighted by atomic mass is 10.1. The van der Waals surface area contributed by atoms with E-state index in [0.717, 1.165) is 22.3 Å². The first-order valence-electron chi connectivity index (χ1n) is 5.55. The van der Waals surface area contributed by atoms with E-state index in [1.165, 1.54) is 0 Å². The second-order valence-electron chi connectivity index (χ2n) is 4.23. The number of nitrogens with one attached hydrogen (secondary N) is 1. The van der Waals surface area contributed by atoms with Crippen molar-refractivity contribution in [3.63, 3.8) is 0 Å². The van der Waals surface area contributed by atoms with Crippen molar-refractivity contribution in [1.82, 2.24) is 10.2 Å². The van der Waals surface area contributed by atoms with Crippen LogP contribution < -0.4 is 5.32 Å². The van der Waals surface area contributed by atoms with Gasteiger partial charge in [-0.3, -0.25) is 4.79 Å². The number of hydrogen-bond acceptors (Lipinski definition) is 3. The smallest absolute Gasteiger partial charge is 0.197 e. The van der Waals surface area contributed by atoms with E-state index in [-0.39, 0.29) is 5.78 Å². The molecule has 0 radical (unpaired) electrons. The Morgan fingerprint density at radius 1 is 1.12 bits per heavy atom. The largest absolute Gasteiger partial charge is 0.393 e. The van der Waals surface area contributed by atoms with Crippen LogP contribution in [0, 0.1) is 0 Å². The van der Waals surface area contributed by atoms with Gasteiger partial charge in [-0.15, -0.1) is 0 Å². The van der Waals surface area contributed by atoms with E-state index in [1.54, 1.807) is 13.2 Å². The zero-order valence-corrected chi connectivity index (χ0v) is 10.3. The summed E-state index contributed by atoms with van der Waals surface area (Å²) in [4.78, 5) is 14.2. The predicted molar refractivity (Wildman–Crippen MR) is 70.1 cm³/mol. The molecule has 1 aromatic carbocycles. The summed E-state index contributed by atoms with van der Waals surface area (Å²) >= 11 is 0. The van der Waals surface area contributed by atoms with Gasteiger partial charge in [-0.05, 0) is 11.1 Å². The Morgan fingerprint density at radius 3 is 2.24 bits per heavy atom. The second-order valence-corrected chi connectivity index (χ2v) is 4.23. The fraction of sp³-hybridized carbons (Fsp3) is 0.214. The molecule has 0 aromatic heterocycles. The summed E-state index contributed by atoms with van der Waals surface area (Å²) in [6.45, 7) is 0. The molecule has 0 fully saturated rings. The monoisotopic (exact) mass is 228 g/mol. The van der Waals surface area contributed by atoms with Gasteiger partial charge in [0, 0.05) is 44.7 Å². The number of hydrogen-bond donors (Lipinski definition) is 1. The Labute approximate surface area is 101 Å². The zero-order valence-electron chi connectivity index (χ0n) is 10.3. The zero-order chi connectivity index (χ0) is 12.4. The Balaban J connectivity index is 2.61. The van der Waals surface area contributed by atoms with E-state index in [1.807, 2.05) is 49.5 Å². The molecule has 0 saturated heterocycles. The number of rotatable bonds is 2. The van der Waals surface area contributed by atoms with Gasteiger partial charge in [0.1, 0.15) is 0 Å². The fourth-order valence-electron chi connectivity index (χ4n) is 2.02. The highest BCUT2D eigenvalue weighted by molar-refractivity contribution is 6.47. The summed E-state index contributed by atoms with van der Waals surface area (Å²) in [5.41, 5.74) is 3.50. The molecule has 17 heavy (non-hydrogen) atoms. The minimum atomic E-state index is 0.0780. The highest BCUT2D eigenvalue weighted by Crippen LogP contribution is 2.36. The summed E-state index contributed by atoms with van der Waals surface area (Å²) < 4.78 is 0. The van der Waals surface area contributed by atoms with Crippen molar-refractivity contribution in [3.05, 3.63) is 47.8 Å². The van der Waals surface area contributed by atoms with Crippen molar-refractivity contribution < 1.29 is 4.79 Å². The molecule has 0 bridgehead atoms. The first-order chi connectivity index (χ1) is 8.15. The first-order valence-corrected chi connectivity index (χ1v) is 5.55. The quantitative estimate of drug-likeness (QED) is 0.782. The van der Waals surface area contributed by atoms with Gasteiger partial charge < -0.3 is 10.2 Å². The standard InChI is InChI=1S/C14H16N2O/c1-15-8-12-10-6-4-5-7-11(10)13(14(12)17)9-16(2)3/h4-9,15H,1-3H3/b12-8+,13-9+. The average Bonchev–Trinajstić information content (AvgIpc) is 2.55. The van der Waals surface area contributed by atoms with Crippen LogP contribution in [0.25, 0.3) is 11.1 Å². The third-order valence-corrected chi connectivity index (χ3v) is 2.67. The lowest BCUT2D eigenvalue weighted by molar-refractivity contribution is -0.108. The second kappa shape index (κ2) is 4.45. The van der Waals surface area contributed by atoms with Crippen molar-refractivity contribution in [3.8, 4) is 0 Å². The van der Waals surface area contributed by atoms with Gasteiger partial charge in [-0.2, -0.15) is 0 Å². The first kappa shape index (κ1) is 11.5. The van der Waals surface area contributed by atoms with E-state index in [4.69, 9.17) is 0 Å². The minimum Gasteiger partial charge on any atom is -0.393 e. The van der Waals surface area contributed by atoms with Crippen LogP contribution in [-0.4, -0.2) is 31.8 Å².